The number of benzene rings is 1. The molecule has 0 bridgehead atoms. The monoisotopic (exact) mass is 284 g/mol. The first kappa shape index (κ1) is 14.3. The summed E-state index contributed by atoms with van der Waals surface area (Å²) >= 11 is 0. The van der Waals surface area contributed by atoms with E-state index >= 15 is 0 Å². The normalized spacial score (nSPS) is 18.8. The lowest BCUT2D eigenvalue weighted by atomic mass is 9.95. The Morgan fingerprint density at radius 1 is 1.29 bits per heavy atom. The molecule has 21 heavy (non-hydrogen) atoms. The molecule has 2 aromatic rings. The van der Waals surface area contributed by atoms with Crippen LogP contribution in [0, 0.1) is 12.8 Å². The van der Waals surface area contributed by atoms with Gasteiger partial charge in [-0.15, -0.1) is 0 Å². The highest BCUT2D eigenvalue weighted by Gasteiger charge is 2.12. The predicted octanol–water partition coefficient (Wildman–Crippen LogP) is 3.03. The third-order valence-electron chi connectivity index (χ3n) is 4.25. The zero-order chi connectivity index (χ0) is 14.5. The van der Waals surface area contributed by atoms with Crippen LogP contribution in [-0.2, 0) is 6.54 Å². The SMILES string of the molecule is Cc1ccc(-c2cnn(CCCC3CCCNC3)n2)cc1. The highest BCUT2D eigenvalue weighted by molar-refractivity contribution is 5.57. The van der Waals surface area contributed by atoms with Crippen molar-refractivity contribution in [2.45, 2.75) is 39.2 Å². The lowest BCUT2D eigenvalue weighted by Crippen LogP contribution is -2.29. The molecule has 1 aromatic carbocycles. The maximum Gasteiger partial charge on any atom is 0.113 e. The molecule has 1 aromatic heterocycles. The predicted molar refractivity (Wildman–Crippen MR) is 85.0 cm³/mol. The Labute approximate surface area is 126 Å². The van der Waals surface area contributed by atoms with Crippen molar-refractivity contribution in [2.75, 3.05) is 13.1 Å². The largest absolute Gasteiger partial charge is 0.316 e. The molecule has 4 heteroatoms. The van der Waals surface area contributed by atoms with Crippen LogP contribution in [0.4, 0.5) is 0 Å². The van der Waals surface area contributed by atoms with Gasteiger partial charge in [-0.2, -0.15) is 15.0 Å². The average molecular weight is 284 g/mol. The van der Waals surface area contributed by atoms with E-state index < -0.39 is 0 Å². The van der Waals surface area contributed by atoms with Crippen molar-refractivity contribution in [1.82, 2.24) is 20.3 Å². The lowest BCUT2D eigenvalue weighted by molar-refractivity contribution is 0.336. The zero-order valence-corrected chi connectivity index (χ0v) is 12.8. The molecule has 0 spiro atoms. The third kappa shape index (κ3) is 3.91. The second-order valence-electron chi connectivity index (χ2n) is 6.05. The second-order valence-corrected chi connectivity index (χ2v) is 6.05. The first-order valence-corrected chi connectivity index (χ1v) is 7.99. The maximum atomic E-state index is 4.58. The van der Waals surface area contributed by atoms with Crippen molar-refractivity contribution in [3.63, 3.8) is 0 Å². The Hall–Kier alpha value is -1.68. The number of aryl methyl sites for hydroxylation is 2. The summed E-state index contributed by atoms with van der Waals surface area (Å²) in [6, 6.07) is 8.45. The first-order valence-electron chi connectivity index (χ1n) is 7.99. The minimum atomic E-state index is 0.839. The highest BCUT2D eigenvalue weighted by atomic mass is 15.5. The van der Waals surface area contributed by atoms with E-state index in [-0.39, 0.29) is 0 Å². The quantitative estimate of drug-likeness (QED) is 0.917. The summed E-state index contributed by atoms with van der Waals surface area (Å²) in [5.41, 5.74) is 3.38. The number of aromatic nitrogens is 3. The van der Waals surface area contributed by atoms with E-state index in [1.54, 1.807) is 0 Å². The van der Waals surface area contributed by atoms with E-state index in [2.05, 4.69) is 46.7 Å². The van der Waals surface area contributed by atoms with Gasteiger partial charge in [-0.3, -0.25) is 0 Å². The smallest absolute Gasteiger partial charge is 0.113 e. The van der Waals surface area contributed by atoms with Gasteiger partial charge in [0.1, 0.15) is 5.69 Å². The van der Waals surface area contributed by atoms with Gasteiger partial charge in [0.05, 0.1) is 12.7 Å². The van der Waals surface area contributed by atoms with E-state index in [1.165, 1.54) is 37.9 Å². The maximum absolute atomic E-state index is 4.58. The van der Waals surface area contributed by atoms with Gasteiger partial charge >= 0.3 is 0 Å². The minimum Gasteiger partial charge on any atom is -0.316 e. The van der Waals surface area contributed by atoms with Gasteiger partial charge in [0, 0.05) is 5.56 Å². The fraction of sp³-hybridized carbons (Fsp3) is 0.529. The van der Waals surface area contributed by atoms with Crippen molar-refractivity contribution in [3.8, 4) is 11.3 Å². The number of hydrogen-bond donors (Lipinski definition) is 1. The van der Waals surface area contributed by atoms with Gasteiger partial charge in [0.15, 0.2) is 0 Å². The number of nitrogens with one attached hydrogen (secondary N) is 1. The Morgan fingerprint density at radius 3 is 2.90 bits per heavy atom. The van der Waals surface area contributed by atoms with Crippen LogP contribution in [0.3, 0.4) is 0 Å². The van der Waals surface area contributed by atoms with E-state index in [0.29, 0.717) is 0 Å². The Morgan fingerprint density at radius 2 is 2.14 bits per heavy atom. The lowest BCUT2D eigenvalue weighted by Gasteiger charge is -2.22. The number of nitrogens with zero attached hydrogens (tertiary/aromatic N) is 3. The van der Waals surface area contributed by atoms with Gasteiger partial charge < -0.3 is 5.32 Å². The van der Waals surface area contributed by atoms with E-state index in [1.807, 2.05) is 11.0 Å². The van der Waals surface area contributed by atoms with Crippen LogP contribution in [0.2, 0.25) is 0 Å². The van der Waals surface area contributed by atoms with Crippen LogP contribution < -0.4 is 5.32 Å². The fourth-order valence-corrected chi connectivity index (χ4v) is 2.95. The Kier molecular flexibility index (Phi) is 4.65. The molecule has 1 fully saturated rings. The third-order valence-corrected chi connectivity index (χ3v) is 4.25. The average Bonchev–Trinajstić information content (AvgIpc) is 2.98. The van der Waals surface area contributed by atoms with Gasteiger partial charge in [-0.25, -0.2) is 0 Å². The summed E-state index contributed by atoms with van der Waals surface area (Å²) in [5.74, 6) is 0.839. The van der Waals surface area contributed by atoms with Crippen LogP contribution in [-0.4, -0.2) is 28.1 Å². The van der Waals surface area contributed by atoms with Crippen molar-refractivity contribution >= 4 is 0 Å². The number of piperidine rings is 1. The second kappa shape index (κ2) is 6.85. The standard InChI is InChI=1S/C17H24N4/c1-14-6-8-16(9-7-14)17-13-19-21(20-17)11-3-5-15-4-2-10-18-12-15/h6-9,13,15,18H,2-5,10-12H2,1H3. The molecule has 2 heterocycles. The van der Waals surface area contributed by atoms with Gasteiger partial charge in [-0.1, -0.05) is 29.8 Å². The molecule has 1 unspecified atom stereocenters. The van der Waals surface area contributed by atoms with Crippen LogP contribution in [0.5, 0.6) is 0 Å². The fourth-order valence-electron chi connectivity index (χ4n) is 2.95. The minimum absolute atomic E-state index is 0.839. The molecule has 1 N–H and O–H groups in total. The molecule has 0 amide bonds. The Balaban J connectivity index is 1.51. The van der Waals surface area contributed by atoms with E-state index in [4.69, 9.17) is 0 Å². The summed E-state index contributed by atoms with van der Waals surface area (Å²) in [6.45, 7) is 5.39. The molecular weight excluding hydrogens is 260 g/mol. The van der Waals surface area contributed by atoms with Crippen LogP contribution in [0.15, 0.2) is 30.5 Å². The topological polar surface area (TPSA) is 42.7 Å². The van der Waals surface area contributed by atoms with Gasteiger partial charge in [0.2, 0.25) is 0 Å². The summed E-state index contributed by atoms with van der Waals surface area (Å²) < 4.78 is 0. The number of hydrogen-bond acceptors (Lipinski definition) is 3. The first-order chi connectivity index (χ1) is 10.3. The van der Waals surface area contributed by atoms with Crippen molar-refractivity contribution in [2.24, 2.45) is 5.92 Å². The molecule has 1 atom stereocenters. The van der Waals surface area contributed by atoms with Crippen molar-refractivity contribution in [1.29, 1.82) is 0 Å². The molecule has 0 radical (unpaired) electrons. The summed E-state index contributed by atoms with van der Waals surface area (Å²) in [6.07, 6.45) is 6.99. The number of rotatable bonds is 5. The summed E-state index contributed by atoms with van der Waals surface area (Å²) in [5, 5.41) is 12.4. The van der Waals surface area contributed by atoms with E-state index in [0.717, 1.165) is 30.1 Å². The summed E-state index contributed by atoms with van der Waals surface area (Å²) in [7, 11) is 0. The molecule has 0 saturated carbocycles. The zero-order valence-electron chi connectivity index (χ0n) is 12.8. The molecule has 1 aliphatic rings. The van der Waals surface area contributed by atoms with Gasteiger partial charge in [0.25, 0.3) is 0 Å². The van der Waals surface area contributed by atoms with Crippen LogP contribution in [0.25, 0.3) is 11.3 Å². The molecule has 0 aliphatic carbocycles. The molecular formula is C17H24N4. The molecule has 4 nitrogen and oxygen atoms in total. The van der Waals surface area contributed by atoms with Crippen LogP contribution >= 0.6 is 0 Å². The molecule has 1 saturated heterocycles. The Bertz CT molecular complexity index is 552. The van der Waals surface area contributed by atoms with Crippen LogP contribution in [0.1, 0.15) is 31.2 Å². The molecule has 3 rings (SSSR count). The van der Waals surface area contributed by atoms with Gasteiger partial charge in [-0.05, 0) is 51.6 Å². The summed E-state index contributed by atoms with van der Waals surface area (Å²) in [4.78, 5) is 1.84. The molecule has 112 valence electrons. The molecule has 1 aliphatic heterocycles. The highest BCUT2D eigenvalue weighted by Crippen LogP contribution is 2.18. The van der Waals surface area contributed by atoms with Crippen molar-refractivity contribution < 1.29 is 0 Å². The van der Waals surface area contributed by atoms with E-state index in [9.17, 15) is 0 Å². The van der Waals surface area contributed by atoms with Crippen molar-refractivity contribution in [3.05, 3.63) is 36.0 Å².